The van der Waals surface area contributed by atoms with E-state index in [1.165, 1.54) is 5.56 Å². The summed E-state index contributed by atoms with van der Waals surface area (Å²) in [6.07, 6.45) is 4.11. The van der Waals surface area contributed by atoms with Crippen molar-refractivity contribution in [1.29, 1.82) is 0 Å². The molecular weight excluding hydrogens is 242 g/mol. The van der Waals surface area contributed by atoms with E-state index in [9.17, 15) is 4.79 Å². The highest BCUT2D eigenvalue weighted by molar-refractivity contribution is 5.76. The van der Waals surface area contributed by atoms with E-state index in [0.29, 0.717) is 26.2 Å². The molecule has 1 aliphatic rings. The molecule has 1 N–H and O–H groups in total. The predicted octanol–water partition coefficient (Wildman–Crippen LogP) is 0.981. The summed E-state index contributed by atoms with van der Waals surface area (Å²) in [5.41, 5.74) is 1.19. The Morgan fingerprint density at radius 3 is 2.79 bits per heavy atom. The fourth-order valence-electron chi connectivity index (χ4n) is 2.14. The summed E-state index contributed by atoms with van der Waals surface area (Å²) in [5.74, 6) is 0.206. The van der Waals surface area contributed by atoms with Crippen LogP contribution in [0.4, 0.5) is 0 Å². The third-order valence-corrected chi connectivity index (χ3v) is 3.36. The molecule has 1 fully saturated rings. The number of ether oxygens (including phenoxy) is 1. The van der Waals surface area contributed by atoms with E-state index >= 15 is 0 Å². The van der Waals surface area contributed by atoms with E-state index in [2.05, 4.69) is 17.2 Å². The molecule has 1 aromatic rings. The Hall–Kier alpha value is -1.46. The molecule has 1 aromatic heterocycles. The summed E-state index contributed by atoms with van der Waals surface area (Å²) in [6.45, 7) is 5.55. The molecule has 1 amide bonds. The number of hydrogen-bond acceptors (Lipinski definition) is 4. The van der Waals surface area contributed by atoms with Crippen molar-refractivity contribution in [3.8, 4) is 0 Å². The molecule has 0 saturated carbocycles. The molecule has 0 aliphatic carbocycles. The van der Waals surface area contributed by atoms with Crippen molar-refractivity contribution in [3.63, 3.8) is 0 Å². The van der Waals surface area contributed by atoms with Crippen molar-refractivity contribution < 1.29 is 9.53 Å². The van der Waals surface area contributed by atoms with E-state index in [1.807, 2.05) is 17.0 Å². The standard InChI is InChI=1S/C14H21N3O2/c1-12(13-2-5-15-6-3-13)16-7-4-14(18)17-8-10-19-11-9-17/h2-3,5-6,12,16H,4,7-11H2,1H3. The summed E-state index contributed by atoms with van der Waals surface area (Å²) in [5, 5.41) is 3.36. The molecule has 0 aromatic carbocycles. The topological polar surface area (TPSA) is 54.5 Å². The number of nitrogens with one attached hydrogen (secondary N) is 1. The zero-order valence-electron chi connectivity index (χ0n) is 11.3. The van der Waals surface area contributed by atoms with Gasteiger partial charge in [0.25, 0.3) is 0 Å². The maximum Gasteiger partial charge on any atom is 0.224 e. The first-order valence-corrected chi connectivity index (χ1v) is 6.76. The molecule has 1 unspecified atom stereocenters. The molecular formula is C14H21N3O2. The van der Waals surface area contributed by atoms with Crippen LogP contribution in [0.5, 0.6) is 0 Å². The van der Waals surface area contributed by atoms with Gasteiger partial charge in [0, 0.05) is 44.5 Å². The molecule has 0 bridgehead atoms. The summed E-state index contributed by atoms with van der Waals surface area (Å²) < 4.78 is 5.23. The van der Waals surface area contributed by atoms with Gasteiger partial charge in [0.1, 0.15) is 0 Å². The Morgan fingerprint density at radius 1 is 1.42 bits per heavy atom. The molecule has 0 spiro atoms. The fraction of sp³-hybridized carbons (Fsp3) is 0.571. The van der Waals surface area contributed by atoms with Crippen molar-refractivity contribution in [2.24, 2.45) is 0 Å². The molecule has 1 atom stereocenters. The lowest BCUT2D eigenvalue weighted by molar-refractivity contribution is -0.135. The minimum atomic E-state index is 0.206. The molecule has 0 radical (unpaired) electrons. The quantitative estimate of drug-likeness (QED) is 0.860. The number of rotatable bonds is 5. The molecule has 1 aliphatic heterocycles. The third kappa shape index (κ3) is 4.29. The first kappa shape index (κ1) is 14.0. The first-order chi connectivity index (χ1) is 9.27. The van der Waals surface area contributed by atoms with Crippen LogP contribution in [-0.4, -0.2) is 48.6 Å². The summed E-state index contributed by atoms with van der Waals surface area (Å²) in [4.78, 5) is 17.8. The highest BCUT2D eigenvalue weighted by Crippen LogP contribution is 2.10. The highest BCUT2D eigenvalue weighted by Gasteiger charge is 2.16. The second-order valence-corrected chi connectivity index (χ2v) is 4.70. The lowest BCUT2D eigenvalue weighted by Crippen LogP contribution is -2.41. The van der Waals surface area contributed by atoms with Gasteiger partial charge in [0.2, 0.25) is 5.91 Å². The van der Waals surface area contributed by atoms with Crippen LogP contribution in [0.3, 0.4) is 0 Å². The van der Waals surface area contributed by atoms with Crippen LogP contribution < -0.4 is 5.32 Å². The highest BCUT2D eigenvalue weighted by atomic mass is 16.5. The van der Waals surface area contributed by atoms with Crippen LogP contribution in [0.1, 0.15) is 24.9 Å². The van der Waals surface area contributed by atoms with Crippen LogP contribution >= 0.6 is 0 Å². The smallest absolute Gasteiger partial charge is 0.224 e. The zero-order chi connectivity index (χ0) is 13.5. The van der Waals surface area contributed by atoms with Gasteiger partial charge in [-0.05, 0) is 24.6 Å². The second-order valence-electron chi connectivity index (χ2n) is 4.70. The van der Waals surface area contributed by atoms with E-state index in [0.717, 1.165) is 13.1 Å². The second kappa shape index (κ2) is 7.21. The van der Waals surface area contributed by atoms with Gasteiger partial charge in [-0.3, -0.25) is 9.78 Å². The average molecular weight is 263 g/mol. The van der Waals surface area contributed by atoms with Crippen molar-refractivity contribution in [2.45, 2.75) is 19.4 Å². The van der Waals surface area contributed by atoms with Gasteiger partial charge in [0.05, 0.1) is 13.2 Å². The van der Waals surface area contributed by atoms with Gasteiger partial charge < -0.3 is 15.0 Å². The Balaban J connectivity index is 1.69. The van der Waals surface area contributed by atoms with E-state index < -0.39 is 0 Å². The minimum Gasteiger partial charge on any atom is -0.378 e. The van der Waals surface area contributed by atoms with Gasteiger partial charge in [-0.2, -0.15) is 0 Å². The van der Waals surface area contributed by atoms with Crippen molar-refractivity contribution >= 4 is 5.91 Å². The lowest BCUT2D eigenvalue weighted by atomic mass is 10.1. The van der Waals surface area contributed by atoms with Crippen LogP contribution in [0.25, 0.3) is 0 Å². The molecule has 5 nitrogen and oxygen atoms in total. The number of hydrogen-bond donors (Lipinski definition) is 1. The number of carbonyl (C=O) groups is 1. The Labute approximate surface area is 114 Å². The summed E-state index contributed by atoms with van der Waals surface area (Å²) in [7, 11) is 0. The molecule has 5 heteroatoms. The largest absolute Gasteiger partial charge is 0.378 e. The molecule has 1 saturated heterocycles. The molecule has 104 valence electrons. The van der Waals surface area contributed by atoms with Crippen LogP contribution in [-0.2, 0) is 9.53 Å². The van der Waals surface area contributed by atoms with Crippen LogP contribution in [0.15, 0.2) is 24.5 Å². The van der Waals surface area contributed by atoms with Gasteiger partial charge >= 0.3 is 0 Å². The van der Waals surface area contributed by atoms with Crippen molar-refractivity contribution in [3.05, 3.63) is 30.1 Å². The van der Waals surface area contributed by atoms with Gasteiger partial charge in [0.15, 0.2) is 0 Å². The number of amides is 1. The van der Waals surface area contributed by atoms with Gasteiger partial charge in [-0.1, -0.05) is 0 Å². The van der Waals surface area contributed by atoms with E-state index in [1.54, 1.807) is 12.4 Å². The number of carbonyl (C=O) groups excluding carboxylic acids is 1. The number of morpholine rings is 1. The maximum absolute atomic E-state index is 11.9. The predicted molar refractivity (Wildman–Crippen MR) is 72.7 cm³/mol. The van der Waals surface area contributed by atoms with E-state index in [-0.39, 0.29) is 11.9 Å². The molecule has 19 heavy (non-hydrogen) atoms. The number of pyridine rings is 1. The van der Waals surface area contributed by atoms with Crippen molar-refractivity contribution in [1.82, 2.24) is 15.2 Å². The summed E-state index contributed by atoms with van der Waals surface area (Å²) in [6, 6.07) is 4.21. The maximum atomic E-state index is 11.9. The number of aromatic nitrogens is 1. The third-order valence-electron chi connectivity index (χ3n) is 3.36. The summed E-state index contributed by atoms with van der Waals surface area (Å²) >= 11 is 0. The average Bonchev–Trinajstić information content (AvgIpc) is 2.49. The zero-order valence-corrected chi connectivity index (χ0v) is 11.3. The van der Waals surface area contributed by atoms with E-state index in [4.69, 9.17) is 4.74 Å². The van der Waals surface area contributed by atoms with Crippen LogP contribution in [0, 0.1) is 0 Å². The Kier molecular flexibility index (Phi) is 5.30. The first-order valence-electron chi connectivity index (χ1n) is 6.76. The monoisotopic (exact) mass is 263 g/mol. The van der Waals surface area contributed by atoms with Gasteiger partial charge in [-0.15, -0.1) is 0 Å². The molecule has 2 heterocycles. The SMILES string of the molecule is CC(NCCC(=O)N1CCOCC1)c1ccncc1. The number of nitrogens with zero attached hydrogens (tertiary/aromatic N) is 2. The lowest BCUT2D eigenvalue weighted by Gasteiger charge is -2.27. The van der Waals surface area contributed by atoms with Crippen LogP contribution in [0.2, 0.25) is 0 Å². The Morgan fingerprint density at radius 2 is 2.11 bits per heavy atom. The Bertz CT molecular complexity index is 391. The normalized spacial score (nSPS) is 17.2. The van der Waals surface area contributed by atoms with Crippen molar-refractivity contribution in [2.75, 3.05) is 32.8 Å². The fourth-order valence-corrected chi connectivity index (χ4v) is 2.14. The minimum absolute atomic E-state index is 0.206. The van der Waals surface area contributed by atoms with Gasteiger partial charge in [-0.25, -0.2) is 0 Å². The molecule has 2 rings (SSSR count).